The third kappa shape index (κ3) is 3.46. The van der Waals surface area contributed by atoms with Gasteiger partial charge in [-0.15, -0.1) is 0 Å². The summed E-state index contributed by atoms with van der Waals surface area (Å²) < 4.78 is 14.7. The van der Waals surface area contributed by atoms with Gasteiger partial charge >= 0.3 is 0 Å². The molecule has 24 heavy (non-hydrogen) atoms. The Balaban J connectivity index is 1.88. The standard InChI is InChI=1S/C18H15ClFN3O/c1-2-23-17(18(24)21-15-9-5-13(19)6-10-15)11-16(22-23)12-3-7-14(20)8-4-12/h3-11H,2H2,1H3,(H,21,24). The molecule has 1 aromatic heterocycles. The van der Waals surface area contributed by atoms with Crippen LogP contribution in [-0.4, -0.2) is 15.7 Å². The molecule has 2 aromatic carbocycles. The van der Waals surface area contributed by atoms with Crippen molar-refractivity contribution >= 4 is 23.2 Å². The predicted molar refractivity (Wildman–Crippen MR) is 92.7 cm³/mol. The van der Waals surface area contributed by atoms with Gasteiger partial charge in [-0.2, -0.15) is 5.10 Å². The van der Waals surface area contributed by atoms with Crippen molar-refractivity contribution in [3.8, 4) is 11.3 Å². The van der Waals surface area contributed by atoms with Crippen molar-refractivity contribution in [2.24, 2.45) is 0 Å². The molecule has 0 atom stereocenters. The molecule has 0 spiro atoms. The van der Waals surface area contributed by atoms with Crippen LogP contribution in [0.4, 0.5) is 10.1 Å². The summed E-state index contributed by atoms with van der Waals surface area (Å²) in [7, 11) is 0. The van der Waals surface area contributed by atoms with Gasteiger partial charge in [-0.05, 0) is 61.5 Å². The monoisotopic (exact) mass is 343 g/mol. The van der Waals surface area contributed by atoms with Crippen LogP contribution in [0.1, 0.15) is 17.4 Å². The minimum Gasteiger partial charge on any atom is -0.321 e. The van der Waals surface area contributed by atoms with E-state index in [1.807, 2.05) is 6.92 Å². The molecular weight excluding hydrogens is 329 g/mol. The largest absolute Gasteiger partial charge is 0.321 e. The Bertz CT molecular complexity index is 857. The fourth-order valence-electron chi connectivity index (χ4n) is 2.33. The first-order valence-corrected chi connectivity index (χ1v) is 7.85. The van der Waals surface area contributed by atoms with Crippen molar-refractivity contribution < 1.29 is 9.18 Å². The summed E-state index contributed by atoms with van der Waals surface area (Å²) in [6, 6.07) is 14.6. The van der Waals surface area contributed by atoms with E-state index in [2.05, 4.69) is 10.4 Å². The van der Waals surface area contributed by atoms with Crippen molar-refractivity contribution in [3.63, 3.8) is 0 Å². The number of carbonyl (C=O) groups excluding carboxylic acids is 1. The molecular formula is C18H15ClFN3O. The van der Waals surface area contributed by atoms with E-state index in [9.17, 15) is 9.18 Å². The first-order valence-electron chi connectivity index (χ1n) is 7.47. The van der Waals surface area contributed by atoms with Crippen molar-refractivity contribution in [1.29, 1.82) is 0 Å². The lowest BCUT2D eigenvalue weighted by Crippen LogP contribution is -2.17. The molecule has 4 nitrogen and oxygen atoms in total. The molecule has 1 heterocycles. The van der Waals surface area contributed by atoms with Gasteiger partial charge in [-0.25, -0.2) is 4.39 Å². The van der Waals surface area contributed by atoms with Gasteiger partial charge in [0.05, 0.1) is 5.69 Å². The summed E-state index contributed by atoms with van der Waals surface area (Å²) in [5.41, 5.74) is 2.46. The number of rotatable bonds is 4. The molecule has 0 aliphatic heterocycles. The first-order chi connectivity index (χ1) is 11.6. The van der Waals surface area contributed by atoms with Crippen LogP contribution in [0.2, 0.25) is 5.02 Å². The molecule has 1 amide bonds. The number of carbonyl (C=O) groups is 1. The second-order valence-corrected chi connectivity index (χ2v) is 5.63. The van der Waals surface area contributed by atoms with Crippen LogP contribution in [0, 0.1) is 5.82 Å². The number of hydrogen-bond donors (Lipinski definition) is 1. The van der Waals surface area contributed by atoms with Crippen LogP contribution in [0.5, 0.6) is 0 Å². The lowest BCUT2D eigenvalue weighted by atomic mass is 10.1. The Kier molecular flexibility index (Phi) is 4.62. The second-order valence-electron chi connectivity index (χ2n) is 5.20. The lowest BCUT2D eigenvalue weighted by Gasteiger charge is -2.06. The van der Waals surface area contributed by atoms with Crippen LogP contribution >= 0.6 is 11.6 Å². The number of aromatic nitrogens is 2. The second kappa shape index (κ2) is 6.84. The maximum Gasteiger partial charge on any atom is 0.273 e. The van der Waals surface area contributed by atoms with Crippen LogP contribution in [0.3, 0.4) is 0 Å². The molecule has 1 N–H and O–H groups in total. The van der Waals surface area contributed by atoms with Crippen molar-refractivity contribution in [3.05, 3.63) is 71.1 Å². The number of anilines is 1. The average molecular weight is 344 g/mol. The van der Waals surface area contributed by atoms with Gasteiger partial charge in [0, 0.05) is 22.8 Å². The van der Waals surface area contributed by atoms with E-state index in [1.165, 1.54) is 12.1 Å². The highest BCUT2D eigenvalue weighted by Crippen LogP contribution is 2.21. The summed E-state index contributed by atoms with van der Waals surface area (Å²) in [6.07, 6.45) is 0. The zero-order chi connectivity index (χ0) is 17.1. The van der Waals surface area contributed by atoms with E-state index in [-0.39, 0.29) is 11.7 Å². The molecule has 0 saturated carbocycles. The van der Waals surface area contributed by atoms with E-state index in [1.54, 1.807) is 47.1 Å². The Hall–Kier alpha value is -2.66. The van der Waals surface area contributed by atoms with Gasteiger partial charge in [-0.3, -0.25) is 9.48 Å². The average Bonchev–Trinajstić information content (AvgIpc) is 3.02. The smallest absolute Gasteiger partial charge is 0.273 e. The number of aryl methyl sites for hydroxylation is 1. The maximum absolute atomic E-state index is 13.1. The number of hydrogen-bond acceptors (Lipinski definition) is 2. The summed E-state index contributed by atoms with van der Waals surface area (Å²) in [4.78, 5) is 12.5. The van der Waals surface area contributed by atoms with E-state index in [0.29, 0.717) is 28.6 Å². The molecule has 122 valence electrons. The lowest BCUT2D eigenvalue weighted by molar-refractivity contribution is 0.101. The molecule has 3 aromatic rings. The van der Waals surface area contributed by atoms with Crippen LogP contribution in [0.25, 0.3) is 11.3 Å². The molecule has 6 heteroatoms. The molecule has 0 fully saturated rings. The summed E-state index contributed by atoms with van der Waals surface area (Å²) in [6.45, 7) is 2.45. The van der Waals surface area contributed by atoms with Crippen LogP contribution < -0.4 is 5.32 Å². The Morgan fingerprint density at radius 3 is 2.46 bits per heavy atom. The highest BCUT2D eigenvalue weighted by atomic mass is 35.5. The molecule has 0 bridgehead atoms. The number of nitrogens with one attached hydrogen (secondary N) is 1. The minimum absolute atomic E-state index is 0.264. The topological polar surface area (TPSA) is 46.9 Å². The van der Waals surface area contributed by atoms with Gasteiger partial charge < -0.3 is 5.32 Å². The van der Waals surface area contributed by atoms with Crippen molar-refractivity contribution in [2.45, 2.75) is 13.5 Å². The predicted octanol–water partition coefficient (Wildman–Crippen LogP) is 4.61. The van der Waals surface area contributed by atoms with Gasteiger partial charge in [0.25, 0.3) is 5.91 Å². The van der Waals surface area contributed by atoms with E-state index in [4.69, 9.17) is 11.6 Å². The van der Waals surface area contributed by atoms with Crippen LogP contribution in [-0.2, 0) is 6.54 Å². The zero-order valence-electron chi connectivity index (χ0n) is 13.0. The number of halogens is 2. The van der Waals surface area contributed by atoms with E-state index < -0.39 is 0 Å². The number of amides is 1. The van der Waals surface area contributed by atoms with Crippen molar-refractivity contribution in [2.75, 3.05) is 5.32 Å². The summed E-state index contributed by atoms with van der Waals surface area (Å²) in [5, 5.41) is 7.84. The molecule has 0 aliphatic rings. The zero-order valence-corrected chi connectivity index (χ0v) is 13.7. The van der Waals surface area contributed by atoms with Gasteiger partial charge in [0.2, 0.25) is 0 Å². The molecule has 0 saturated heterocycles. The van der Waals surface area contributed by atoms with E-state index in [0.717, 1.165) is 5.56 Å². The number of benzene rings is 2. The highest BCUT2D eigenvalue weighted by Gasteiger charge is 2.15. The molecule has 0 radical (unpaired) electrons. The van der Waals surface area contributed by atoms with Crippen LogP contribution in [0.15, 0.2) is 54.6 Å². The Morgan fingerprint density at radius 2 is 1.83 bits per heavy atom. The summed E-state index contributed by atoms with van der Waals surface area (Å²) in [5.74, 6) is -0.575. The highest BCUT2D eigenvalue weighted by molar-refractivity contribution is 6.30. The normalized spacial score (nSPS) is 10.6. The number of nitrogens with zero attached hydrogens (tertiary/aromatic N) is 2. The third-order valence-electron chi connectivity index (χ3n) is 3.55. The summed E-state index contributed by atoms with van der Waals surface area (Å²) >= 11 is 5.84. The van der Waals surface area contributed by atoms with Gasteiger partial charge in [0.1, 0.15) is 11.5 Å². The SMILES string of the molecule is CCn1nc(-c2ccc(F)cc2)cc1C(=O)Nc1ccc(Cl)cc1. The van der Waals surface area contributed by atoms with Gasteiger partial charge in [0.15, 0.2) is 0 Å². The third-order valence-corrected chi connectivity index (χ3v) is 3.81. The molecule has 3 rings (SSSR count). The van der Waals surface area contributed by atoms with Crippen molar-refractivity contribution in [1.82, 2.24) is 9.78 Å². The quantitative estimate of drug-likeness (QED) is 0.751. The first kappa shape index (κ1) is 16.2. The Labute approximate surface area is 143 Å². The molecule has 0 unspecified atom stereocenters. The van der Waals surface area contributed by atoms with E-state index >= 15 is 0 Å². The fraction of sp³-hybridized carbons (Fsp3) is 0.111. The molecule has 0 aliphatic carbocycles. The maximum atomic E-state index is 13.1. The fourth-order valence-corrected chi connectivity index (χ4v) is 2.46. The minimum atomic E-state index is -0.311. The Morgan fingerprint density at radius 1 is 1.17 bits per heavy atom. The van der Waals surface area contributed by atoms with Gasteiger partial charge in [-0.1, -0.05) is 11.6 Å².